The van der Waals surface area contributed by atoms with Crippen LogP contribution < -0.4 is 14.8 Å². The van der Waals surface area contributed by atoms with Gasteiger partial charge in [-0.1, -0.05) is 6.07 Å². The fourth-order valence-corrected chi connectivity index (χ4v) is 4.80. The lowest BCUT2D eigenvalue weighted by Crippen LogP contribution is -2.60. The van der Waals surface area contributed by atoms with Crippen LogP contribution in [0, 0.1) is 0 Å². The predicted octanol–water partition coefficient (Wildman–Crippen LogP) is 2.14. The second-order valence-corrected chi connectivity index (χ2v) is 8.32. The molecule has 1 N–H and O–H groups in total. The largest absolute Gasteiger partial charge is 0.454 e. The van der Waals surface area contributed by atoms with Crippen LogP contribution in [0.15, 0.2) is 24.3 Å². The van der Waals surface area contributed by atoms with E-state index in [9.17, 15) is 4.79 Å². The topological polar surface area (TPSA) is 60.0 Å². The Balaban J connectivity index is 1.36. The van der Waals surface area contributed by atoms with Gasteiger partial charge >= 0.3 is 0 Å². The molecule has 3 aliphatic rings. The van der Waals surface area contributed by atoms with E-state index >= 15 is 0 Å². The zero-order chi connectivity index (χ0) is 18.5. The molecular weight excluding hydrogens is 364 g/mol. The molecule has 146 valence electrons. The highest BCUT2D eigenvalue weighted by Gasteiger charge is 2.39. The molecule has 0 atom stereocenters. The van der Waals surface area contributed by atoms with Crippen molar-refractivity contribution in [1.29, 1.82) is 0 Å². The van der Waals surface area contributed by atoms with Gasteiger partial charge in [0.15, 0.2) is 11.5 Å². The summed E-state index contributed by atoms with van der Waals surface area (Å²) in [6.45, 7) is 4.65. The number of nitrogens with zero attached hydrogens (tertiary/aromatic N) is 1. The van der Waals surface area contributed by atoms with Crippen LogP contribution in [0.3, 0.4) is 0 Å². The van der Waals surface area contributed by atoms with Crippen molar-refractivity contribution in [3.05, 3.63) is 29.8 Å². The number of amides is 1. The van der Waals surface area contributed by atoms with E-state index in [0.29, 0.717) is 6.54 Å². The van der Waals surface area contributed by atoms with Gasteiger partial charge in [0.1, 0.15) is 0 Å². The molecule has 0 saturated carbocycles. The first-order chi connectivity index (χ1) is 13.3. The maximum Gasteiger partial charge on any atom is 0.244 e. The molecule has 1 aromatic carbocycles. The first-order valence-corrected chi connectivity index (χ1v) is 10.7. The maximum absolute atomic E-state index is 12.4. The smallest absolute Gasteiger partial charge is 0.244 e. The van der Waals surface area contributed by atoms with E-state index in [1.807, 2.05) is 36.0 Å². The summed E-state index contributed by atoms with van der Waals surface area (Å²) in [5.74, 6) is 3.74. The molecule has 2 saturated heterocycles. The molecule has 1 amide bonds. The lowest BCUT2D eigenvalue weighted by atomic mass is 9.87. The van der Waals surface area contributed by atoms with E-state index in [2.05, 4.69) is 10.2 Å². The van der Waals surface area contributed by atoms with Crippen molar-refractivity contribution in [2.75, 3.05) is 51.1 Å². The molecule has 7 heteroatoms. The Bertz CT molecular complexity index is 697. The number of hydrogen-bond donors (Lipinski definition) is 1. The summed E-state index contributed by atoms with van der Waals surface area (Å²) in [6, 6.07) is 5.67. The first-order valence-electron chi connectivity index (χ1n) is 9.51. The number of fused-ring (bicyclic) bond motifs is 1. The van der Waals surface area contributed by atoms with Gasteiger partial charge in [0.25, 0.3) is 0 Å². The van der Waals surface area contributed by atoms with Crippen molar-refractivity contribution < 1.29 is 19.0 Å². The first kappa shape index (κ1) is 18.7. The van der Waals surface area contributed by atoms with E-state index in [4.69, 9.17) is 14.2 Å². The monoisotopic (exact) mass is 390 g/mol. The van der Waals surface area contributed by atoms with Gasteiger partial charge in [0.2, 0.25) is 12.7 Å². The third-order valence-corrected chi connectivity index (χ3v) is 6.46. The fourth-order valence-electron chi connectivity index (χ4n) is 3.89. The summed E-state index contributed by atoms with van der Waals surface area (Å²) in [5, 5.41) is 3.13. The Morgan fingerprint density at radius 3 is 2.78 bits per heavy atom. The van der Waals surface area contributed by atoms with E-state index < -0.39 is 0 Å². The Morgan fingerprint density at radius 2 is 1.96 bits per heavy atom. The summed E-state index contributed by atoms with van der Waals surface area (Å²) < 4.78 is 16.3. The van der Waals surface area contributed by atoms with E-state index in [-0.39, 0.29) is 18.2 Å². The van der Waals surface area contributed by atoms with Gasteiger partial charge in [-0.05, 0) is 36.6 Å². The predicted molar refractivity (Wildman–Crippen MR) is 106 cm³/mol. The molecule has 27 heavy (non-hydrogen) atoms. The summed E-state index contributed by atoms with van der Waals surface area (Å²) in [4.78, 5) is 15.0. The highest BCUT2D eigenvalue weighted by Crippen LogP contribution is 2.33. The molecule has 0 bridgehead atoms. The van der Waals surface area contributed by atoms with Crippen LogP contribution in [0.4, 0.5) is 0 Å². The van der Waals surface area contributed by atoms with Crippen molar-refractivity contribution >= 4 is 23.7 Å². The lowest BCUT2D eigenvalue weighted by molar-refractivity contribution is -0.117. The van der Waals surface area contributed by atoms with Crippen molar-refractivity contribution in [1.82, 2.24) is 10.2 Å². The molecule has 0 aromatic heterocycles. The standard InChI is InChI=1S/C20H26N2O4S/c23-19(4-2-16-1-3-17-18(13-16)26-15-25-17)21-14-20(5-9-24-10-6-20)22-7-11-27-12-8-22/h1-4,13H,5-12,14-15H2,(H,21,23)/b4-2+. The Morgan fingerprint density at radius 1 is 1.19 bits per heavy atom. The van der Waals surface area contributed by atoms with Crippen LogP contribution >= 0.6 is 11.8 Å². The molecule has 0 unspecified atom stereocenters. The van der Waals surface area contributed by atoms with Crippen molar-refractivity contribution in [2.45, 2.75) is 18.4 Å². The van der Waals surface area contributed by atoms with Crippen LogP contribution in [0.25, 0.3) is 6.08 Å². The van der Waals surface area contributed by atoms with Crippen molar-refractivity contribution in [3.8, 4) is 11.5 Å². The second kappa shape index (κ2) is 8.54. The zero-order valence-corrected chi connectivity index (χ0v) is 16.3. The number of nitrogens with one attached hydrogen (secondary N) is 1. The molecule has 0 spiro atoms. The second-order valence-electron chi connectivity index (χ2n) is 7.10. The normalized spacial score (nSPS) is 22.1. The number of ether oxygens (including phenoxy) is 3. The quantitative estimate of drug-likeness (QED) is 0.778. The summed E-state index contributed by atoms with van der Waals surface area (Å²) >= 11 is 2.01. The fraction of sp³-hybridized carbons (Fsp3) is 0.550. The number of benzene rings is 1. The SMILES string of the molecule is O=C(/C=C/c1ccc2c(c1)OCO2)NCC1(N2CCSCC2)CCOCC1. The third-order valence-electron chi connectivity index (χ3n) is 5.52. The summed E-state index contributed by atoms with van der Waals surface area (Å²) in [5.41, 5.74) is 0.949. The molecule has 2 fully saturated rings. The average molecular weight is 391 g/mol. The molecule has 1 aromatic rings. The van der Waals surface area contributed by atoms with Crippen molar-refractivity contribution in [3.63, 3.8) is 0 Å². The minimum absolute atomic E-state index is 0.0292. The van der Waals surface area contributed by atoms with E-state index in [0.717, 1.165) is 56.2 Å². The highest BCUT2D eigenvalue weighted by atomic mass is 32.2. The molecular formula is C20H26N2O4S. The van der Waals surface area contributed by atoms with Gasteiger partial charge in [-0.2, -0.15) is 11.8 Å². The molecule has 3 heterocycles. The minimum Gasteiger partial charge on any atom is -0.454 e. The highest BCUT2D eigenvalue weighted by molar-refractivity contribution is 7.99. The molecule has 3 aliphatic heterocycles. The van der Waals surface area contributed by atoms with Gasteiger partial charge in [-0.25, -0.2) is 0 Å². The van der Waals surface area contributed by atoms with Gasteiger partial charge in [-0.15, -0.1) is 0 Å². The lowest BCUT2D eigenvalue weighted by Gasteiger charge is -2.47. The Hall–Kier alpha value is -1.70. The van der Waals surface area contributed by atoms with Gasteiger partial charge in [0.05, 0.1) is 0 Å². The van der Waals surface area contributed by atoms with Gasteiger partial charge < -0.3 is 19.5 Å². The van der Waals surface area contributed by atoms with E-state index in [1.165, 1.54) is 11.5 Å². The van der Waals surface area contributed by atoms with Crippen LogP contribution in [0.2, 0.25) is 0 Å². The van der Waals surface area contributed by atoms with Crippen LogP contribution in [0.1, 0.15) is 18.4 Å². The molecule has 4 rings (SSSR count). The molecule has 0 aliphatic carbocycles. The van der Waals surface area contributed by atoms with Crippen LogP contribution in [0.5, 0.6) is 11.5 Å². The zero-order valence-electron chi connectivity index (χ0n) is 15.4. The van der Waals surface area contributed by atoms with E-state index in [1.54, 1.807) is 6.08 Å². The number of thioether (sulfide) groups is 1. The molecule has 6 nitrogen and oxygen atoms in total. The third kappa shape index (κ3) is 4.42. The summed E-state index contributed by atoms with van der Waals surface area (Å²) in [7, 11) is 0. The number of carbonyl (C=O) groups excluding carboxylic acids is 1. The number of carbonyl (C=O) groups is 1. The number of rotatable bonds is 5. The Kier molecular flexibility index (Phi) is 5.90. The van der Waals surface area contributed by atoms with Gasteiger partial charge in [-0.3, -0.25) is 9.69 Å². The average Bonchev–Trinajstić information content (AvgIpc) is 3.20. The molecule has 0 radical (unpaired) electrons. The Labute approximate surface area is 164 Å². The van der Waals surface area contributed by atoms with Gasteiger partial charge in [0, 0.05) is 56.0 Å². The van der Waals surface area contributed by atoms with Crippen LogP contribution in [-0.4, -0.2) is 67.5 Å². The van der Waals surface area contributed by atoms with Crippen LogP contribution in [-0.2, 0) is 9.53 Å². The van der Waals surface area contributed by atoms with Crippen molar-refractivity contribution in [2.24, 2.45) is 0 Å². The maximum atomic E-state index is 12.4. The minimum atomic E-state index is -0.0649. The number of hydrogen-bond acceptors (Lipinski definition) is 6. The summed E-state index contributed by atoms with van der Waals surface area (Å²) in [6.07, 6.45) is 5.36.